The molecule has 1 N–H and O–H groups in total. The summed E-state index contributed by atoms with van der Waals surface area (Å²) in [6, 6.07) is 11.9. The average molecular weight is 680 g/mol. The van der Waals surface area contributed by atoms with Crippen LogP contribution in [0.1, 0.15) is 48.8 Å². The number of fused-ring (bicyclic) bond motifs is 1. The summed E-state index contributed by atoms with van der Waals surface area (Å²) in [5.41, 5.74) is 3.49. The number of piperazine rings is 1. The first kappa shape index (κ1) is 34.2. The topological polar surface area (TPSA) is 112 Å². The van der Waals surface area contributed by atoms with Crippen LogP contribution in [-0.2, 0) is 32.0 Å². The lowest BCUT2D eigenvalue weighted by Crippen LogP contribution is -2.54. The number of likely N-dealkylation sites (tertiary alicyclic amines) is 1. The lowest BCUT2D eigenvalue weighted by molar-refractivity contribution is -0.143. The molecule has 4 aliphatic heterocycles. The third-order valence-electron chi connectivity index (χ3n) is 10.4. The van der Waals surface area contributed by atoms with E-state index in [1.807, 2.05) is 45.0 Å². The van der Waals surface area contributed by atoms with Crippen molar-refractivity contribution in [3.8, 4) is 5.75 Å². The Morgan fingerprint density at radius 3 is 2.42 bits per heavy atom. The van der Waals surface area contributed by atoms with Crippen LogP contribution in [0.2, 0.25) is 5.02 Å². The summed E-state index contributed by atoms with van der Waals surface area (Å²) >= 11 is 6.47. The number of nitrogens with one attached hydrogen (secondary N) is 1. The maximum absolute atomic E-state index is 14.1. The average Bonchev–Trinajstić information content (AvgIpc) is 3.27. The number of rotatable bonds is 9. The minimum Gasteiger partial charge on any atom is -0.427 e. The number of urea groups is 1. The van der Waals surface area contributed by atoms with Gasteiger partial charge in [-0.2, -0.15) is 0 Å². The molecule has 258 valence electrons. The van der Waals surface area contributed by atoms with Gasteiger partial charge in [0.15, 0.2) is 5.75 Å². The Labute approximate surface area is 287 Å². The smallest absolute Gasteiger partial charge is 0.322 e. The first-order valence-electron chi connectivity index (χ1n) is 17.2. The van der Waals surface area contributed by atoms with Crippen molar-refractivity contribution in [2.75, 3.05) is 64.3 Å². The van der Waals surface area contributed by atoms with Crippen molar-refractivity contribution in [2.45, 2.75) is 64.0 Å². The maximum atomic E-state index is 14.1. The molecule has 2 aromatic carbocycles. The van der Waals surface area contributed by atoms with Gasteiger partial charge in [0.1, 0.15) is 0 Å². The Morgan fingerprint density at radius 2 is 1.71 bits per heavy atom. The van der Waals surface area contributed by atoms with Gasteiger partial charge < -0.3 is 29.5 Å². The number of ether oxygens (including phenoxy) is 2. The van der Waals surface area contributed by atoms with Crippen LogP contribution < -0.4 is 10.1 Å². The summed E-state index contributed by atoms with van der Waals surface area (Å²) in [5.74, 6) is -0.340. The molecule has 0 spiro atoms. The molecule has 4 aliphatic rings. The Balaban J connectivity index is 1.10. The Morgan fingerprint density at radius 1 is 0.979 bits per heavy atom. The van der Waals surface area contributed by atoms with Gasteiger partial charge in [-0.15, -0.1) is 0 Å². The molecule has 2 aromatic rings. The molecule has 0 aliphatic carbocycles. The molecule has 0 saturated carbocycles. The van der Waals surface area contributed by atoms with E-state index >= 15 is 0 Å². The van der Waals surface area contributed by atoms with E-state index in [1.165, 1.54) is 0 Å². The van der Waals surface area contributed by atoms with Crippen molar-refractivity contribution >= 4 is 41.6 Å². The second kappa shape index (κ2) is 15.7. The van der Waals surface area contributed by atoms with Gasteiger partial charge >= 0.3 is 6.03 Å². The number of anilines is 1. The van der Waals surface area contributed by atoms with Crippen molar-refractivity contribution < 1.29 is 28.7 Å². The van der Waals surface area contributed by atoms with Gasteiger partial charge in [-0.1, -0.05) is 35.9 Å². The van der Waals surface area contributed by atoms with E-state index in [0.717, 1.165) is 62.4 Å². The minimum absolute atomic E-state index is 0.0207. The normalized spacial score (nSPS) is 20.5. The molecule has 0 bridgehead atoms. The molecule has 4 amide bonds. The van der Waals surface area contributed by atoms with E-state index in [1.54, 1.807) is 13.0 Å². The van der Waals surface area contributed by atoms with Gasteiger partial charge in [0, 0.05) is 83.2 Å². The van der Waals surface area contributed by atoms with Crippen molar-refractivity contribution in [1.29, 1.82) is 0 Å². The first-order chi connectivity index (χ1) is 23.3. The fourth-order valence-corrected chi connectivity index (χ4v) is 8.10. The molecular formula is C36H46ClN5O6. The van der Waals surface area contributed by atoms with Crippen LogP contribution in [0.5, 0.6) is 5.75 Å². The van der Waals surface area contributed by atoms with Gasteiger partial charge in [-0.3, -0.25) is 19.3 Å². The number of amides is 4. The molecule has 6 rings (SSSR count). The highest BCUT2D eigenvalue weighted by atomic mass is 35.5. The quantitative estimate of drug-likeness (QED) is 0.397. The number of carbonyl (C=O) groups is 4. The zero-order valence-corrected chi connectivity index (χ0v) is 28.5. The third kappa shape index (κ3) is 7.96. The summed E-state index contributed by atoms with van der Waals surface area (Å²) in [5, 5.41) is 3.35. The zero-order valence-electron chi connectivity index (χ0n) is 27.7. The van der Waals surface area contributed by atoms with E-state index in [9.17, 15) is 19.2 Å². The molecule has 1 atom stereocenters. The predicted molar refractivity (Wildman–Crippen MR) is 182 cm³/mol. The van der Waals surface area contributed by atoms with Gasteiger partial charge in [-0.25, -0.2) is 4.79 Å². The summed E-state index contributed by atoms with van der Waals surface area (Å²) in [7, 11) is 0. The highest BCUT2D eigenvalue weighted by molar-refractivity contribution is 6.32. The Bertz CT molecular complexity index is 1460. The SMILES string of the molecule is Cc1cc(C[C@@H](CC(=O)N2CCC(N3CCc4ccccc4NC3=O)CC2)C(=O)N2CCN(C3CCOCC3)CC2)cc(Cl)c1OC=O. The number of aryl methyl sites for hydroxylation is 1. The number of para-hydroxylation sites is 1. The maximum Gasteiger partial charge on any atom is 0.322 e. The number of hydrogen-bond acceptors (Lipinski definition) is 7. The lowest BCUT2D eigenvalue weighted by atomic mass is 9.92. The summed E-state index contributed by atoms with van der Waals surface area (Å²) in [6.07, 6.45) is 4.63. The predicted octanol–water partition coefficient (Wildman–Crippen LogP) is 4.14. The summed E-state index contributed by atoms with van der Waals surface area (Å²) in [6.45, 7) is 8.29. The minimum atomic E-state index is -0.562. The van der Waals surface area contributed by atoms with E-state index in [2.05, 4.69) is 10.2 Å². The van der Waals surface area contributed by atoms with Crippen molar-refractivity contribution in [2.24, 2.45) is 5.92 Å². The fourth-order valence-electron chi connectivity index (χ4n) is 7.77. The fraction of sp³-hybridized carbons (Fsp3) is 0.556. The monoisotopic (exact) mass is 679 g/mol. The standard InChI is InChI=1S/C36H46ClN5O6/c1-25-20-26(22-31(37)34(25)48-24-43)21-28(35(45)41-16-14-39(15-17-41)29-9-18-47-19-10-29)23-33(44)40-11-7-30(8-12-40)42-13-6-27-4-2-3-5-32(27)38-36(42)46/h2-5,20,22,24,28-30H,6-19,21,23H2,1H3,(H,38,46)/t28-/m0/s1. The highest BCUT2D eigenvalue weighted by Crippen LogP contribution is 2.32. The van der Waals surface area contributed by atoms with Crippen LogP contribution in [0.4, 0.5) is 10.5 Å². The zero-order chi connectivity index (χ0) is 33.6. The first-order valence-corrected chi connectivity index (χ1v) is 17.6. The number of hydrogen-bond donors (Lipinski definition) is 1. The van der Waals surface area contributed by atoms with E-state index < -0.39 is 5.92 Å². The summed E-state index contributed by atoms with van der Waals surface area (Å²) < 4.78 is 10.6. The number of carbonyl (C=O) groups excluding carboxylic acids is 4. The lowest BCUT2D eigenvalue weighted by Gasteiger charge is -2.41. The van der Waals surface area contributed by atoms with Crippen molar-refractivity contribution in [3.63, 3.8) is 0 Å². The van der Waals surface area contributed by atoms with Gasteiger partial charge in [0.25, 0.3) is 6.47 Å². The molecule has 3 saturated heterocycles. The van der Waals surface area contributed by atoms with Gasteiger partial charge in [0.2, 0.25) is 11.8 Å². The largest absolute Gasteiger partial charge is 0.427 e. The van der Waals surface area contributed by atoms with E-state index in [4.69, 9.17) is 21.1 Å². The Kier molecular flexibility index (Phi) is 11.2. The second-order valence-electron chi connectivity index (χ2n) is 13.4. The van der Waals surface area contributed by atoms with Crippen LogP contribution in [0, 0.1) is 12.8 Å². The third-order valence-corrected chi connectivity index (χ3v) is 10.7. The van der Waals surface area contributed by atoms with E-state index in [-0.39, 0.29) is 30.3 Å². The number of benzene rings is 2. The highest BCUT2D eigenvalue weighted by Gasteiger charge is 2.35. The molecule has 0 aromatic heterocycles. The van der Waals surface area contributed by atoms with Gasteiger partial charge in [-0.05, 0) is 74.3 Å². The molecule has 12 heteroatoms. The second-order valence-corrected chi connectivity index (χ2v) is 13.8. The molecule has 11 nitrogen and oxygen atoms in total. The number of piperidine rings is 1. The van der Waals surface area contributed by atoms with Crippen molar-refractivity contribution in [1.82, 2.24) is 19.6 Å². The molecular weight excluding hydrogens is 634 g/mol. The van der Waals surface area contributed by atoms with Crippen LogP contribution in [0.25, 0.3) is 0 Å². The van der Waals surface area contributed by atoms with Crippen LogP contribution >= 0.6 is 11.6 Å². The van der Waals surface area contributed by atoms with E-state index in [0.29, 0.717) is 80.8 Å². The van der Waals surface area contributed by atoms with Crippen LogP contribution in [-0.4, -0.2) is 115 Å². The molecule has 0 radical (unpaired) electrons. The van der Waals surface area contributed by atoms with Crippen LogP contribution in [0.3, 0.4) is 0 Å². The molecule has 4 heterocycles. The number of halogens is 1. The van der Waals surface area contributed by atoms with Crippen molar-refractivity contribution in [3.05, 3.63) is 58.1 Å². The number of nitrogens with zero attached hydrogens (tertiary/aromatic N) is 4. The molecule has 0 unspecified atom stereocenters. The summed E-state index contributed by atoms with van der Waals surface area (Å²) in [4.78, 5) is 60.2. The Hall–Kier alpha value is -3.67. The molecule has 3 fully saturated rings. The van der Waals surface area contributed by atoms with Crippen LogP contribution in [0.15, 0.2) is 36.4 Å². The molecule has 48 heavy (non-hydrogen) atoms. The van der Waals surface area contributed by atoms with Gasteiger partial charge in [0.05, 0.1) is 10.9 Å².